The van der Waals surface area contributed by atoms with Gasteiger partial charge in [-0.3, -0.25) is 4.79 Å². The molecule has 0 saturated heterocycles. The van der Waals surface area contributed by atoms with Crippen LogP contribution in [0.15, 0.2) is 10.5 Å². The molecule has 1 heterocycles. The van der Waals surface area contributed by atoms with Gasteiger partial charge in [0.1, 0.15) is 11.5 Å². The molecule has 0 aliphatic heterocycles. The molecule has 96 valence electrons. The van der Waals surface area contributed by atoms with Crippen LogP contribution < -0.4 is 10.6 Å². The van der Waals surface area contributed by atoms with Crippen molar-refractivity contribution in [3.8, 4) is 0 Å². The summed E-state index contributed by atoms with van der Waals surface area (Å²) in [4.78, 5) is 11.5. The Balaban J connectivity index is 2.47. The molecule has 1 aromatic heterocycles. The van der Waals surface area contributed by atoms with Crippen molar-refractivity contribution in [2.45, 2.75) is 46.7 Å². The molecule has 1 unspecified atom stereocenters. The Morgan fingerprint density at radius 2 is 2.00 bits per heavy atom. The highest BCUT2D eigenvalue weighted by Gasteiger charge is 2.13. The zero-order chi connectivity index (χ0) is 13.0. The maximum absolute atomic E-state index is 11.5. The maximum Gasteiger partial charge on any atom is 0.234 e. The molecule has 0 radical (unpaired) electrons. The van der Waals surface area contributed by atoms with Crippen molar-refractivity contribution in [2.75, 3.05) is 6.54 Å². The molecule has 17 heavy (non-hydrogen) atoms. The van der Waals surface area contributed by atoms with Gasteiger partial charge >= 0.3 is 0 Å². The topological polar surface area (TPSA) is 54.3 Å². The Kier molecular flexibility index (Phi) is 4.75. The fraction of sp³-hybridized carbons (Fsp3) is 0.615. The Labute approximate surface area is 103 Å². The minimum absolute atomic E-state index is 0.0183. The molecule has 0 fully saturated rings. The third kappa shape index (κ3) is 4.23. The predicted octanol–water partition coefficient (Wildman–Crippen LogP) is 2.07. The van der Waals surface area contributed by atoms with E-state index in [2.05, 4.69) is 10.6 Å². The molecule has 1 aromatic rings. The van der Waals surface area contributed by atoms with Gasteiger partial charge in [0.15, 0.2) is 0 Å². The maximum atomic E-state index is 11.5. The van der Waals surface area contributed by atoms with Gasteiger partial charge in [-0.2, -0.15) is 0 Å². The summed E-state index contributed by atoms with van der Waals surface area (Å²) in [6.07, 6.45) is 0. The Bertz CT molecular complexity index is 383. The van der Waals surface area contributed by atoms with Gasteiger partial charge in [0.25, 0.3) is 0 Å². The number of rotatable bonds is 5. The van der Waals surface area contributed by atoms with Crippen molar-refractivity contribution in [1.82, 2.24) is 10.6 Å². The van der Waals surface area contributed by atoms with Crippen LogP contribution in [0.1, 0.15) is 43.9 Å². The molecule has 0 saturated carbocycles. The molecule has 1 rings (SSSR count). The van der Waals surface area contributed by atoms with Gasteiger partial charge in [0, 0.05) is 17.6 Å². The molecule has 4 heteroatoms. The van der Waals surface area contributed by atoms with Crippen LogP contribution in [-0.4, -0.2) is 18.5 Å². The van der Waals surface area contributed by atoms with E-state index in [0.29, 0.717) is 6.54 Å². The van der Waals surface area contributed by atoms with Crippen LogP contribution in [0.2, 0.25) is 0 Å². The minimum Gasteiger partial charge on any atom is -0.466 e. The molecule has 0 aliphatic carbocycles. The number of furan rings is 1. The van der Waals surface area contributed by atoms with E-state index in [4.69, 9.17) is 4.42 Å². The van der Waals surface area contributed by atoms with Crippen molar-refractivity contribution in [3.63, 3.8) is 0 Å². The molecule has 0 aromatic carbocycles. The molecule has 0 aliphatic rings. The number of aryl methyl sites for hydroxylation is 2. The Morgan fingerprint density at radius 3 is 2.47 bits per heavy atom. The predicted molar refractivity (Wildman–Crippen MR) is 67.9 cm³/mol. The quantitative estimate of drug-likeness (QED) is 0.825. The molecular formula is C13H22N2O2. The number of hydrogen-bond donors (Lipinski definition) is 2. The van der Waals surface area contributed by atoms with Gasteiger partial charge in [0.2, 0.25) is 5.91 Å². The lowest BCUT2D eigenvalue weighted by molar-refractivity contribution is -0.120. The van der Waals surface area contributed by atoms with E-state index in [-0.39, 0.29) is 18.0 Å². The highest BCUT2D eigenvalue weighted by atomic mass is 16.3. The van der Waals surface area contributed by atoms with E-state index in [0.717, 1.165) is 17.1 Å². The number of hydrogen-bond acceptors (Lipinski definition) is 3. The summed E-state index contributed by atoms with van der Waals surface area (Å²) in [5, 5.41) is 6.03. The van der Waals surface area contributed by atoms with Crippen LogP contribution in [0.25, 0.3) is 0 Å². The van der Waals surface area contributed by atoms with E-state index in [1.807, 2.05) is 40.7 Å². The van der Waals surface area contributed by atoms with Crippen LogP contribution in [0.5, 0.6) is 0 Å². The van der Waals surface area contributed by atoms with Gasteiger partial charge in [0.05, 0.1) is 6.54 Å². The number of carbonyl (C=O) groups is 1. The highest BCUT2D eigenvalue weighted by molar-refractivity contribution is 5.78. The smallest absolute Gasteiger partial charge is 0.234 e. The lowest BCUT2D eigenvalue weighted by atomic mass is 10.1. The van der Waals surface area contributed by atoms with Crippen LogP contribution in [0, 0.1) is 13.8 Å². The first-order valence-corrected chi connectivity index (χ1v) is 5.99. The van der Waals surface area contributed by atoms with Gasteiger partial charge in [-0.05, 0) is 40.7 Å². The van der Waals surface area contributed by atoms with Crippen molar-refractivity contribution in [3.05, 3.63) is 23.2 Å². The van der Waals surface area contributed by atoms with E-state index >= 15 is 0 Å². The summed E-state index contributed by atoms with van der Waals surface area (Å²) < 4.78 is 5.47. The molecule has 4 nitrogen and oxygen atoms in total. The van der Waals surface area contributed by atoms with Gasteiger partial charge in [-0.1, -0.05) is 0 Å². The Hall–Kier alpha value is -1.29. The normalized spacial score (nSPS) is 12.8. The minimum atomic E-state index is 0.0183. The molecule has 1 atom stereocenters. The highest BCUT2D eigenvalue weighted by Crippen LogP contribution is 2.20. The zero-order valence-electron chi connectivity index (χ0n) is 11.3. The van der Waals surface area contributed by atoms with E-state index in [9.17, 15) is 4.79 Å². The zero-order valence-corrected chi connectivity index (χ0v) is 11.3. The fourth-order valence-corrected chi connectivity index (χ4v) is 1.81. The number of nitrogens with one attached hydrogen (secondary N) is 2. The first kappa shape index (κ1) is 13.8. The van der Waals surface area contributed by atoms with Gasteiger partial charge in [-0.25, -0.2) is 0 Å². The van der Waals surface area contributed by atoms with E-state index in [1.54, 1.807) is 0 Å². The second kappa shape index (κ2) is 5.87. The molecule has 2 N–H and O–H groups in total. The molecular weight excluding hydrogens is 216 g/mol. The summed E-state index contributed by atoms with van der Waals surface area (Å²) in [7, 11) is 0. The van der Waals surface area contributed by atoms with Gasteiger partial charge in [-0.15, -0.1) is 0 Å². The summed E-state index contributed by atoms with van der Waals surface area (Å²) in [5.41, 5.74) is 1.11. The summed E-state index contributed by atoms with van der Waals surface area (Å²) >= 11 is 0. The second-order valence-corrected chi connectivity index (χ2v) is 4.69. The SMILES string of the molecule is Cc1cc(C(C)NCC(=O)NC(C)C)c(C)o1. The lowest BCUT2D eigenvalue weighted by Gasteiger charge is -2.14. The molecule has 0 spiro atoms. The van der Waals surface area contributed by atoms with Crippen molar-refractivity contribution < 1.29 is 9.21 Å². The number of carbonyl (C=O) groups excluding carboxylic acids is 1. The van der Waals surface area contributed by atoms with E-state index < -0.39 is 0 Å². The summed E-state index contributed by atoms with van der Waals surface area (Å²) in [6, 6.07) is 2.30. The average Bonchev–Trinajstić information content (AvgIpc) is 2.53. The van der Waals surface area contributed by atoms with Crippen molar-refractivity contribution >= 4 is 5.91 Å². The fourth-order valence-electron chi connectivity index (χ4n) is 1.81. The monoisotopic (exact) mass is 238 g/mol. The first-order valence-electron chi connectivity index (χ1n) is 5.99. The average molecular weight is 238 g/mol. The van der Waals surface area contributed by atoms with E-state index in [1.165, 1.54) is 0 Å². The number of amides is 1. The summed E-state index contributed by atoms with van der Waals surface area (Å²) in [6.45, 7) is 10.1. The Morgan fingerprint density at radius 1 is 1.35 bits per heavy atom. The molecule has 0 bridgehead atoms. The lowest BCUT2D eigenvalue weighted by Crippen LogP contribution is -2.38. The van der Waals surface area contributed by atoms with Crippen LogP contribution in [0.4, 0.5) is 0 Å². The van der Waals surface area contributed by atoms with Crippen LogP contribution >= 0.6 is 0 Å². The third-order valence-corrected chi connectivity index (χ3v) is 2.56. The second-order valence-electron chi connectivity index (χ2n) is 4.69. The van der Waals surface area contributed by atoms with Crippen LogP contribution in [0.3, 0.4) is 0 Å². The van der Waals surface area contributed by atoms with Gasteiger partial charge < -0.3 is 15.1 Å². The first-order chi connectivity index (χ1) is 7.90. The standard InChI is InChI=1S/C13H22N2O2/c1-8(2)15-13(16)7-14-10(4)12-6-9(3)17-11(12)5/h6,8,10,14H,7H2,1-5H3,(H,15,16). The summed E-state index contributed by atoms with van der Waals surface area (Å²) in [5.74, 6) is 1.83. The largest absolute Gasteiger partial charge is 0.466 e. The molecule has 1 amide bonds. The van der Waals surface area contributed by atoms with Crippen LogP contribution in [-0.2, 0) is 4.79 Å². The third-order valence-electron chi connectivity index (χ3n) is 2.56. The van der Waals surface area contributed by atoms with Crippen molar-refractivity contribution in [2.24, 2.45) is 0 Å². The van der Waals surface area contributed by atoms with Crippen molar-refractivity contribution in [1.29, 1.82) is 0 Å².